The zero-order valence-corrected chi connectivity index (χ0v) is 15.1. The quantitative estimate of drug-likeness (QED) is 0.829. The fourth-order valence-electron chi connectivity index (χ4n) is 2.78. The normalized spacial score (nSPS) is 17.9. The van der Waals surface area contributed by atoms with E-state index < -0.39 is 0 Å². The van der Waals surface area contributed by atoms with Crippen molar-refractivity contribution in [2.45, 2.75) is 19.5 Å². The Morgan fingerprint density at radius 1 is 1.50 bits per heavy atom. The van der Waals surface area contributed by atoms with Crippen molar-refractivity contribution in [3.8, 4) is 23.0 Å². The van der Waals surface area contributed by atoms with Gasteiger partial charge in [0.25, 0.3) is 0 Å². The number of likely N-dealkylation sites (N-methyl/N-ethyl adjacent to an activating group) is 1. The number of aromatic nitrogens is 1. The molecule has 1 aliphatic heterocycles. The predicted octanol–water partition coefficient (Wildman–Crippen LogP) is 1.31. The molecular formula is C18H23N3O5. The Morgan fingerprint density at radius 3 is 3.04 bits per heavy atom. The van der Waals surface area contributed by atoms with E-state index in [2.05, 4.69) is 10.3 Å². The van der Waals surface area contributed by atoms with Gasteiger partial charge >= 0.3 is 0 Å². The molecule has 0 unspecified atom stereocenters. The van der Waals surface area contributed by atoms with Gasteiger partial charge < -0.3 is 24.3 Å². The molecule has 1 amide bonds. The number of methoxy groups -OCH3 is 1. The Morgan fingerprint density at radius 2 is 2.31 bits per heavy atom. The van der Waals surface area contributed by atoms with Crippen molar-refractivity contribution >= 4 is 5.91 Å². The topological polar surface area (TPSA) is 97.1 Å². The minimum atomic E-state index is -0.295. The van der Waals surface area contributed by atoms with Crippen molar-refractivity contribution in [1.29, 1.82) is 0 Å². The molecule has 8 heteroatoms. The van der Waals surface area contributed by atoms with Gasteiger partial charge in [-0.05, 0) is 32.2 Å². The molecule has 1 aromatic carbocycles. The summed E-state index contributed by atoms with van der Waals surface area (Å²) < 4.78 is 16.2. The second-order valence-electron chi connectivity index (χ2n) is 6.20. The molecule has 1 aromatic heterocycles. The number of nitrogens with zero attached hydrogens (tertiary/aromatic N) is 2. The number of phenolic OH excluding ortho intramolecular Hbond substituents is 1. The molecule has 1 aliphatic rings. The Hall–Kier alpha value is -2.58. The highest BCUT2D eigenvalue weighted by Crippen LogP contribution is 2.31. The minimum Gasteiger partial charge on any atom is -0.504 e. The monoisotopic (exact) mass is 361 g/mol. The fourth-order valence-corrected chi connectivity index (χ4v) is 2.78. The number of hydrogen-bond donors (Lipinski definition) is 2. The lowest BCUT2D eigenvalue weighted by Crippen LogP contribution is -2.51. The number of phenols is 1. The molecule has 2 aromatic rings. The number of aromatic hydroxyl groups is 1. The van der Waals surface area contributed by atoms with Gasteiger partial charge in [-0.2, -0.15) is 0 Å². The first-order valence-corrected chi connectivity index (χ1v) is 8.39. The third-order valence-electron chi connectivity index (χ3n) is 4.45. The molecule has 26 heavy (non-hydrogen) atoms. The highest BCUT2D eigenvalue weighted by molar-refractivity contribution is 5.82. The van der Waals surface area contributed by atoms with Crippen LogP contribution in [0.2, 0.25) is 0 Å². The first-order valence-electron chi connectivity index (χ1n) is 8.39. The molecule has 2 heterocycles. The number of ether oxygens (including phenoxy) is 2. The van der Waals surface area contributed by atoms with Crippen molar-refractivity contribution in [2.24, 2.45) is 0 Å². The van der Waals surface area contributed by atoms with Crippen molar-refractivity contribution in [3.05, 3.63) is 29.7 Å². The number of oxazole rings is 1. The van der Waals surface area contributed by atoms with Crippen LogP contribution in [0.3, 0.4) is 0 Å². The lowest BCUT2D eigenvalue weighted by Gasteiger charge is -2.31. The van der Waals surface area contributed by atoms with Gasteiger partial charge in [0.2, 0.25) is 11.8 Å². The number of carbonyl (C=O) groups excluding carboxylic acids is 1. The molecule has 1 fully saturated rings. The van der Waals surface area contributed by atoms with Crippen LogP contribution in [0, 0.1) is 6.92 Å². The van der Waals surface area contributed by atoms with E-state index in [-0.39, 0.29) is 24.2 Å². The first-order chi connectivity index (χ1) is 12.5. The van der Waals surface area contributed by atoms with E-state index in [4.69, 9.17) is 13.9 Å². The molecule has 2 N–H and O–H groups in total. The summed E-state index contributed by atoms with van der Waals surface area (Å²) in [6.45, 7) is 3.83. The van der Waals surface area contributed by atoms with Gasteiger partial charge in [-0.1, -0.05) is 0 Å². The van der Waals surface area contributed by atoms with Crippen molar-refractivity contribution < 1.29 is 23.8 Å². The lowest BCUT2D eigenvalue weighted by molar-refractivity contribution is -0.131. The summed E-state index contributed by atoms with van der Waals surface area (Å²) in [6.07, 6.45) is 0. The van der Waals surface area contributed by atoms with Crippen LogP contribution in [-0.2, 0) is 16.1 Å². The van der Waals surface area contributed by atoms with Crippen LogP contribution in [-0.4, -0.2) is 60.9 Å². The summed E-state index contributed by atoms with van der Waals surface area (Å²) in [5.41, 5.74) is 1.33. The average Bonchev–Trinajstić information content (AvgIpc) is 3.01. The van der Waals surface area contributed by atoms with Gasteiger partial charge in [-0.3, -0.25) is 9.69 Å². The molecule has 0 spiro atoms. The molecule has 1 saturated heterocycles. The number of carbonyl (C=O) groups is 1. The predicted molar refractivity (Wildman–Crippen MR) is 94.0 cm³/mol. The SMILES string of the molecule is COc1cc(-c2nc(CNC(=O)[C@H]3COCCN3C)c(C)o2)ccc1O. The summed E-state index contributed by atoms with van der Waals surface area (Å²) in [5.74, 6) is 1.32. The number of benzene rings is 1. The van der Waals surface area contributed by atoms with Crippen molar-refractivity contribution in [2.75, 3.05) is 33.9 Å². The van der Waals surface area contributed by atoms with Gasteiger partial charge in [0.05, 0.1) is 26.9 Å². The molecule has 3 rings (SSSR count). The molecule has 1 atom stereocenters. The fraction of sp³-hybridized carbons (Fsp3) is 0.444. The zero-order valence-electron chi connectivity index (χ0n) is 15.1. The second kappa shape index (κ2) is 7.76. The number of nitrogens with one attached hydrogen (secondary N) is 1. The van der Waals surface area contributed by atoms with Crippen molar-refractivity contribution in [1.82, 2.24) is 15.2 Å². The molecule has 140 valence electrons. The summed E-state index contributed by atoms with van der Waals surface area (Å²) in [4.78, 5) is 18.8. The highest BCUT2D eigenvalue weighted by atomic mass is 16.5. The molecule has 8 nitrogen and oxygen atoms in total. The number of aryl methyl sites for hydroxylation is 1. The zero-order chi connectivity index (χ0) is 18.7. The van der Waals surface area contributed by atoms with Gasteiger partial charge in [-0.25, -0.2) is 4.98 Å². The van der Waals surface area contributed by atoms with E-state index in [0.717, 1.165) is 6.54 Å². The largest absolute Gasteiger partial charge is 0.504 e. The van der Waals surface area contributed by atoms with E-state index in [9.17, 15) is 9.90 Å². The maximum absolute atomic E-state index is 12.4. The number of amides is 1. The summed E-state index contributed by atoms with van der Waals surface area (Å²) in [6, 6.07) is 4.57. The Bertz CT molecular complexity index is 789. The molecule has 0 saturated carbocycles. The molecule has 0 aliphatic carbocycles. The van der Waals surface area contributed by atoms with Gasteiger partial charge in [0, 0.05) is 12.1 Å². The smallest absolute Gasteiger partial charge is 0.240 e. The maximum atomic E-state index is 12.4. The maximum Gasteiger partial charge on any atom is 0.240 e. The van der Waals surface area contributed by atoms with E-state index in [1.165, 1.54) is 13.2 Å². The Kier molecular flexibility index (Phi) is 5.43. The summed E-state index contributed by atoms with van der Waals surface area (Å²) in [7, 11) is 3.39. The highest BCUT2D eigenvalue weighted by Gasteiger charge is 2.26. The average molecular weight is 361 g/mol. The van der Waals surface area contributed by atoms with E-state index in [0.29, 0.717) is 41.9 Å². The standard InChI is InChI=1S/C18H23N3O5/c1-11-13(9-19-17(23)14-10-25-7-6-21(14)2)20-18(26-11)12-4-5-15(22)16(8-12)24-3/h4-5,8,14,22H,6-7,9-10H2,1-3H3,(H,19,23)/t14-/m1/s1. The van der Waals surface area contributed by atoms with Gasteiger partial charge in [0.1, 0.15) is 17.5 Å². The second-order valence-corrected chi connectivity index (χ2v) is 6.20. The Balaban J connectivity index is 1.69. The van der Waals surface area contributed by atoms with Gasteiger partial charge in [0.15, 0.2) is 11.5 Å². The third-order valence-corrected chi connectivity index (χ3v) is 4.45. The minimum absolute atomic E-state index is 0.0471. The molecule has 0 radical (unpaired) electrons. The van der Waals surface area contributed by atoms with Crippen LogP contribution in [0.15, 0.2) is 22.6 Å². The lowest BCUT2D eigenvalue weighted by atomic mass is 10.2. The van der Waals surface area contributed by atoms with Crippen LogP contribution in [0.25, 0.3) is 11.5 Å². The van der Waals surface area contributed by atoms with Gasteiger partial charge in [-0.15, -0.1) is 0 Å². The van der Waals surface area contributed by atoms with Crippen LogP contribution < -0.4 is 10.1 Å². The van der Waals surface area contributed by atoms with E-state index in [1.807, 2.05) is 11.9 Å². The first kappa shape index (κ1) is 18.2. The molecule has 0 bridgehead atoms. The third kappa shape index (κ3) is 3.81. The number of morpholine rings is 1. The van der Waals surface area contributed by atoms with E-state index in [1.54, 1.807) is 19.1 Å². The Labute approximate surface area is 151 Å². The number of hydrogen-bond acceptors (Lipinski definition) is 7. The van der Waals surface area contributed by atoms with Crippen LogP contribution in [0.4, 0.5) is 0 Å². The molecular weight excluding hydrogens is 338 g/mol. The van der Waals surface area contributed by atoms with Crippen molar-refractivity contribution in [3.63, 3.8) is 0 Å². The van der Waals surface area contributed by atoms with E-state index >= 15 is 0 Å². The van der Waals surface area contributed by atoms with Crippen LogP contribution in [0.1, 0.15) is 11.5 Å². The number of rotatable bonds is 5. The summed E-state index contributed by atoms with van der Waals surface area (Å²) in [5, 5.41) is 12.6. The summed E-state index contributed by atoms with van der Waals surface area (Å²) >= 11 is 0. The van der Waals surface area contributed by atoms with Crippen LogP contribution >= 0.6 is 0 Å². The van der Waals surface area contributed by atoms with Crippen LogP contribution in [0.5, 0.6) is 11.5 Å².